The normalized spacial score (nSPS) is 13.3. The number of hydrogen-bond acceptors (Lipinski definition) is 4. The summed E-state index contributed by atoms with van der Waals surface area (Å²) in [5.74, 6) is 1.75. The van der Waals surface area contributed by atoms with Crippen LogP contribution < -0.4 is 10.0 Å². The van der Waals surface area contributed by atoms with Crippen LogP contribution in [0.5, 0.6) is 0 Å². The predicted molar refractivity (Wildman–Crippen MR) is 94.3 cm³/mol. The van der Waals surface area contributed by atoms with Crippen molar-refractivity contribution in [3.05, 3.63) is 28.2 Å². The van der Waals surface area contributed by atoms with Crippen molar-refractivity contribution in [2.24, 2.45) is 0 Å². The number of nitrogens with one attached hydrogen (secondary N) is 2. The summed E-state index contributed by atoms with van der Waals surface area (Å²) in [6, 6.07) is 5.33. The van der Waals surface area contributed by atoms with Gasteiger partial charge < -0.3 is 5.32 Å². The second-order valence-electron chi connectivity index (χ2n) is 4.73. The lowest BCUT2D eigenvalue weighted by atomic mass is 10.2. The molecular weight excluding hydrogens is 372 g/mol. The van der Waals surface area contributed by atoms with E-state index in [0.29, 0.717) is 15.9 Å². The Morgan fingerprint density at radius 2 is 2.05 bits per heavy atom. The molecule has 0 heterocycles. The molecule has 0 aliphatic rings. The van der Waals surface area contributed by atoms with Gasteiger partial charge in [-0.3, -0.25) is 0 Å². The third-order valence-corrected chi connectivity index (χ3v) is 6.52. The van der Waals surface area contributed by atoms with Crippen LogP contribution >= 0.6 is 27.7 Å². The van der Waals surface area contributed by atoms with Crippen LogP contribution in [0.3, 0.4) is 0 Å². The molecule has 2 N–H and O–H groups in total. The zero-order valence-electron chi connectivity index (χ0n) is 12.6. The molecule has 0 bridgehead atoms. The summed E-state index contributed by atoms with van der Waals surface area (Å²) in [6.07, 6.45) is 0. The van der Waals surface area contributed by atoms with Crippen LogP contribution in [0.15, 0.2) is 27.6 Å². The van der Waals surface area contributed by atoms with Gasteiger partial charge in [0, 0.05) is 22.8 Å². The molecule has 0 fully saturated rings. The van der Waals surface area contributed by atoms with Crippen LogP contribution in [-0.4, -0.2) is 32.5 Å². The van der Waals surface area contributed by atoms with Crippen molar-refractivity contribution in [2.45, 2.75) is 38.3 Å². The van der Waals surface area contributed by atoms with Gasteiger partial charge >= 0.3 is 0 Å². The Bertz CT molecular complexity index is 550. The number of thioether (sulfide) groups is 1. The minimum atomic E-state index is -3.51. The van der Waals surface area contributed by atoms with Gasteiger partial charge in [0.15, 0.2) is 0 Å². The standard InChI is InChI=1S/C14H23BrN2O2S2/c1-4-16-9-12-6-7-13(15)14(8-12)21(18,19)17-11(3)10-20-5-2/h6-8,11,16-17H,4-5,9-10H2,1-3H3. The van der Waals surface area contributed by atoms with E-state index in [1.54, 1.807) is 23.9 Å². The fraction of sp³-hybridized carbons (Fsp3) is 0.571. The number of rotatable bonds is 9. The molecule has 21 heavy (non-hydrogen) atoms. The molecule has 120 valence electrons. The van der Waals surface area contributed by atoms with Crippen LogP contribution in [0.4, 0.5) is 0 Å². The Hall–Kier alpha value is -0.0800. The molecule has 0 spiro atoms. The van der Waals surface area contributed by atoms with E-state index in [-0.39, 0.29) is 6.04 Å². The Morgan fingerprint density at radius 1 is 1.33 bits per heavy atom. The lowest BCUT2D eigenvalue weighted by molar-refractivity contribution is 0.570. The average molecular weight is 395 g/mol. The van der Waals surface area contributed by atoms with E-state index in [1.165, 1.54) is 0 Å². The summed E-state index contributed by atoms with van der Waals surface area (Å²) in [5.41, 5.74) is 0.955. The van der Waals surface area contributed by atoms with Gasteiger partial charge in [0.1, 0.15) is 0 Å². The molecule has 4 nitrogen and oxygen atoms in total. The van der Waals surface area contributed by atoms with Gasteiger partial charge in [-0.05, 0) is 52.8 Å². The van der Waals surface area contributed by atoms with Gasteiger partial charge in [0.05, 0.1) is 4.90 Å². The van der Waals surface area contributed by atoms with Crippen LogP contribution in [0.25, 0.3) is 0 Å². The first-order valence-corrected chi connectivity index (χ1v) is 10.4. The second kappa shape index (κ2) is 9.15. The maximum atomic E-state index is 12.5. The molecule has 0 saturated heterocycles. The highest BCUT2D eigenvalue weighted by molar-refractivity contribution is 9.10. The predicted octanol–water partition coefficient (Wildman–Crippen LogP) is 2.98. The Morgan fingerprint density at radius 3 is 2.67 bits per heavy atom. The molecule has 0 amide bonds. The Balaban J connectivity index is 2.90. The molecular formula is C14H23BrN2O2S2. The van der Waals surface area contributed by atoms with E-state index in [4.69, 9.17) is 0 Å². The van der Waals surface area contributed by atoms with Gasteiger partial charge in [-0.2, -0.15) is 11.8 Å². The highest BCUT2D eigenvalue weighted by atomic mass is 79.9. The lowest BCUT2D eigenvalue weighted by Gasteiger charge is -2.15. The topological polar surface area (TPSA) is 58.2 Å². The molecule has 0 aromatic heterocycles. The van der Waals surface area contributed by atoms with Crippen molar-refractivity contribution in [3.8, 4) is 0 Å². The summed E-state index contributed by atoms with van der Waals surface area (Å²) < 4.78 is 28.3. The SMILES string of the molecule is CCNCc1ccc(Br)c(S(=O)(=O)NC(C)CSCC)c1. The van der Waals surface area contributed by atoms with E-state index in [2.05, 4.69) is 32.9 Å². The average Bonchev–Trinajstić information content (AvgIpc) is 2.43. The molecule has 1 unspecified atom stereocenters. The molecule has 1 atom stereocenters. The minimum absolute atomic E-state index is 0.0933. The first kappa shape index (κ1) is 19.0. The van der Waals surface area contributed by atoms with E-state index in [1.807, 2.05) is 19.9 Å². The summed E-state index contributed by atoms with van der Waals surface area (Å²) in [5, 5.41) is 3.20. The Kier molecular flexibility index (Phi) is 8.26. The van der Waals surface area contributed by atoms with Gasteiger partial charge in [-0.25, -0.2) is 13.1 Å². The van der Waals surface area contributed by atoms with E-state index in [0.717, 1.165) is 23.6 Å². The van der Waals surface area contributed by atoms with Gasteiger partial charge in [-0.1, -0.05) is 19.9 Å². The molecule has 0 saturated carbocycles. The monoisotopic (exact) mass is 394 g/mol. The smallest absolute Gasteiger partial charge is 0.241 e. The van der Waals surface area contributed by atoms with Crippen LogP contribution in [-0.2, 0) is 16.6 Å². The Labute approximate surface area is 140 Å². The molecule has 0 aliphatic carbocycles. The van der Waals surface area contributed by atoms with Crippen LogP contribution in [0, 0.1) is 0 Å². The molecule has 7 heteroatoms. The first-order valence-electron chi connectivity index (χ1n) is 7.00. The van der Waals surface area contributed by atoms with Crippen molar-refractivity contribution < 1.29 is 8.42 Å². The van der Waals surface area contributed by atoms with Crippen molar-refractivity contribution in [1.29, 1.82) is 0 Å². The lowest BCUT2D eigenvalue weighted by Crippen LogP contribution is -2.34. The van der Waals surface area contributed by atoms with Crippen molar-refractivity contribution >= 4 is 37.7 Å². The van der Waals surface area contributed by atoms with Crippen molar-refractivity contribution in [3.63, 3.8) is 0 Å². The zero-order valence-corrected chi connectivity index (χ0v) is 15.9. The van der Waals surface area contributed by atoms with Gasteiger partial charge in [-0.15, -0.1) is 0 Å². The number of benzene rings is 1. The second-order valence-corrected chi connectivity index (χ2v) is 8.58. The summed E-state index contributed by atoms with van der Waals surface area (Å²) in [7, 11) is -3.51. The number of hydrogen-bond donors (Lipinski definition) is 2. The maximum Gasteiger partial charge on any atom is 0.241 e. The highest BCUT2D eigenvalue weighted by Crippen LogP contribution is 2.23. The van der Waals surface area contributed by atoms with Crippen LogP contribution in [0.2, 0.25) is 0 Å². The van der Waals surface area contributed by atoms with Gasteiger partial charge in [0.25, 0.3) is 0 Å². The fourth-order valence-electron chi connectivity index (χ4n) is 1.79. The first-order chi connectivity index (χ1) is 9.90. The molecule has 1 aromatic rings. The molecule has 1 rings (SSSR count). The van der Waals surface area contributed by atoms with Crippen LogP contribution in [0.1, 0.15) is 26.3 Å². The number of halogens is 1. The molecule has 0 aliphatic heterocycles. The van der Waals surface area contributed by atoms with E-state index >= 15 is 0 Å². The van der Waals surface area contributed by atoms with Crippen molar-refractivity contribution in [1.82, 2.24) is 10.0 Å². The number of sulfonamides is 1. The molecule has 1 aromatic carbocycles. The fourth-order valence-corrected chi connectivity index (χ4v) is 4.83. The summed E-state index contributed by atoms with van der Waals surface area (Å²) in [6.45, 7) is 7.48. The third-order valence-electron chi connectivity index (χ3n) is 2.79. The van der Waals surface area contributed by atoms with E-state index in [9.17, 15) is 8.42 Å². The van der Waals surface area contributed by atoms with E-state index < -0.39 is 10.0 Å². The quantitative estimate of drug-likeness (QED) is 0.675. The largest absolute Gasteiger partial charge is 0.313 e. The summed E-state index contributed by atoms with van der Waals surface area (Å²) >= 11 is 5.05. The summed E-state index contributed by atoms with van der Waals surface area (Å²) in [4.78, 5) is 0.297. The zero-order chi connectivity index (χ0) is 15.9. The van der Waals surface area contributed by atoms with Gasteiger partial charge in [0.2, 0.25) is 10.0 Å². The third kappa shape index (κ3) is 6.28. The van der Waals surface area contributed by atoms with Crippen molar-refractivity contribution in [2.75, 3.05) is 18.1 Å². The minimum Gasteiger partial charge on any atom is -0.313 e. The molecule has 0 radical (unpaired) electrons. The highest BCUT2D eigenvalue weighted by Gasteiger charge is 2.20. The maximum absolute atomic E-state index is 12.5.